The number of hydrogen-bond acceptors (Lipinski definition) is 0. The van der Waals surface area contributed by atoms with Crippen molar-refractivity contribution in [2.45, 2.75) is 73.1 Å². The van der Waals surface area contributed by atoms with Crippen LogP contribution in [0, 0.1) is 11.2 Å². The van der Waals surface area contributed by atoms with E-state index in [9.17, 15) is 4.39 Å². The van der Waals surface area contributed by atoms with Crippen molar-refractivity contribution in [3.63, 3.8) is 0 Å². The maximum Gasteiger partial charge on any atom is 0.123 e. The second kappa shape index (κ2) is 8.96. The first kappa shape index (κ1) is 18.7. The average molecular weight is 302 g/mol. The van der Waals surface area contributed by atoms with Crippen LogP contribution >= 0.6 is 0 Å². The van der Waals surface area contributed by atoms with Crippen LogP contribution in [0.3, 0.4) is 0 Å². The fraction of sp³-hybridized carbons (Fsp3) is 0.571. The second-order valence-electron chi connectivity index (χ2n) is 7.44. The van der Waals surface area contributed by atoms with Gasteiger partial charge in [0.15, 0.2) is 0 Å². The van der Waals surface area contributed by atoms with Gasteiger partial charge in [0, 0.05) is 5.57 Å². The van der Waals surface area contributed by atoms with Gasteiger partial charge in [0.05, 0.1) is 0 Å². The zero-order valence-corrected chi connectivity index (χ0v) is 14.9. The summed E-state index contributed by atoms with van der Waals surface area (Å²) < 4.78 is 13.2. The van der Waals surface area contributed by atoms with Crippen LogP contribution in [-0.2, 0) is 0 Å². The van der Waals surface area contributed by atoms with Crippen molar-refractivity contribution in [3.8, 4) is 0 Å². The standard InChI is InChI=1S/C21H31F/c1-6-7-8-9-10-19(15-17(2)16-21(3,4)5)18-11-13-20(22)14-12-18/h11-14H,6-10,16H2,1-5H3. The Labute approximate surface area is 136 Å². The molecule has 0 aliphatic heterocycles. The lowest BCUT2D eigenvalue weighted by Crippen LogP contribution is -2.04. The molecule has 0 heterocycles. The third-order valence-electron chi connectivity index (χ3n) is 3.63. The molecule has 0 aliphatic rings. The molecule has 0 nitrogen and oxygen atoms in total. The molecule has 0 saturated heterocycles. The minimum absolute atomic E-state index is 0.176. The molecular weight excluding hydrogens is 271 g/mol. The van der Waals surface area contributed by atoms with Crippen LogP contribution in [0.25, 0.3) is 5.57 Å². The van der Waals surface area contributed by atoms with Gasteiger partial charge >= 0.3 is 0 Å². The number of unbranched alkanes of at least 4 members (excludes halogenated alkanes) is 3. The van der Waals surface area contributed by atoms with Crippen LogP contribution in [-0.4, -0.2) is 0 Å². The van der Waals surface area contributed by atoms with E-state index in [4.69, 9.17) is 0 Å². The lowest BCUT2D eigenvalue weighted by Gasteiger charge is -2.17. The van der Waals surface area contributed by atoms with E-state index in [1.54, 1.807) is 12.1 Å². The maximum absolute atomic E-state index is 13.2. The molecule has 22 heavy (non-hydrogen) atoms. The van der Waals surface area contributed by atoms with Crippen molar-refractivity contribution >= 4 is 5.57 Å². The predicted molar refractivity (Wildman–Crippen MR) is 95.3 cm³/mol. The Morgan fingerprint density at radius 3 is 2.23 bits per heavy atom. The minimum atomic E-state index is -0.176. The van der Waals surface area contributed by atoms with E-state index in [0.717, 1.165) is 18.4 Å². The van der Waals surface area contributed by atoms with Gasteiger partial charge in [0.25, 0.3) is 0 Å². The molecule has 1 rings (SSSR count). The predicted octanol–water partition coefficient (Wildman–Crippen LogP) is 7.16. The lowest BCUT2D eigenvalue weighted by atomic mass is 9.88. The number of hydrogen-bond donors (Lipinski definition) is 0. The highest BCUT2D eigenvalue weighted by Crippen LogP contribution is 2.26. The summed E-state index contributed by atoms with van der Waals surface area (Å²) in [6, 6.07) is 6.84. The Morgan fingerprint density at radius 2 is 1.68 bits per heavy atom. The highest BCUT2D eigenvalue weighted by Gasteiger charge is 2.11. The Bertz CT molecular complexity index is 508. The van der Waals surface area contributed by atoms with Crippen LogP contribution in [0.15, 0.2) is 35.6 Å². The largest absolute Gasteiger partial charge is 0.207 e. The van der Waals surface area contributed by atoms with E-state index in [1.165, 1.54) is 36.8 Å². The first-order valence-electron chi connectivity index (χ1n) is 8.53. The molecule has 0 bridgehead atoms. The van der Waals surface area contributed by atoms with Gasteiger partial charge in [0.2, 0.25) is 0 Å². The monoisotopic (exact) mass is 302 g/mol. The fourth-order valence-electron chi connectivity index (χ4n) is 2.76. The molecule has 0 saturated carbocycles. The summed E-state index contributed by atoms with van der Waals surface area (Å²) in [5.41, 5.74) is 7.47. The van der Waals surface area contributed by atoms with Crippen LogP contribution in [0.2, 0.25) is 0 Å². The van der Waals surface area contributed by atoms with Crippen LogP contribution in [0.5, 0.6) is 0 Å². The SMILES string of the molecule is CCCCCCC(=C=C(C)CC(C)(C)C)c1ccc(F)cc1. The van der Waals surface area contributed by atoms with Gasteiger partial charge in [0.1, 0.15) is 5.82 Å². The van der Waals surface area contributed by atoms with Crippen molar-refractivity contribution in [1.82, 2.24) is 0 Å². The molecule has 0 spiro atoms. The van der Waals surface area contributed by atoms with Gasteiger partial charge in [-0.3, -0.25) is 0 Å². The van der Waals surface area contributed by atoms with Gasteiger partial charge in [-0.2, -0.15) is 0 Å². The maximum atomic E-state index is 13.2. The smallest absolute Gasteiger partial charge is 0.123 e. The summed E-state index contributed by atoms with van der Waals surface area (Å²) in [4.78, 5) is 0. The van der Waals surface area contributed by atoms with Crippen molar-refractivity contribution in [3.05, 3.63) is 47.0 Å². The molecule has 1 aromatic rings. The quantitative estimate of drug-likeness (QED) is 0.370. The number of halogens is 1. The molecule has 0 N–H and O–H groups in total. The summed E-state index contributed by atoms with van der Waals surface area (Å²) in [7, 11) is 0. The Morgan fingerprint density at radius 1 is 1.05 bits per heavy atom. The first-order valence-corrected chi connectivity index (χ1v) is 8.53. The molecule has 122 valence electrons. The number of allylic oxidation sites excluding steroid dienone is 1. The van der Waals surface area contributed by atoms with Gasteiger partial charge in [-0.1, -0.05) is 59.1 Å². The molecule has 0 fully saturated rings. The molecule has 1 heteroatoms. The summed E-state index contributed by atoms with van der Waals surface area (Å²) in [6.45, 7) is 11.1. The van der Waals surface area contributed by atoms with Gasteiger partial charge in [-0.05, 0) is 54.9 Å². The van der Waals surface area contributed by atoms with Crippen LogP contribution < -0.4 is 0 Å². The van der Waals surface area contributed by atoms with Gasteiger partial charge < -0.3 is 0 Å². The molecule has 0 amide bonds. The second-order valence-corrected chi connectivity index (χ2v) is 7.44. The van der Waals surface area contributed by atoms with E-state index in [0.29, 0.717) is 0 Å². The van der Waals surface area contributed by atoms with Crippen molar-refractivity contribution in [1.29, 1.82) is 0 Å². The van der Waals surface area contributed by atoms with E-state index < -0.39 is 0 Å². The normalized spacial score (nSPS) is 11.2. The number of rotatable bonds is 7. The molecule has 0 radical (unpaired) electrons. The third-order valence-corrected chi connectivity index (χ3v) is 3.63. The van der Waals surface area contributed by atoms with E-state index in [-0.39, 0.29) is 11.2 Å². The minimum Gasteiger partial charge on any atom is -0.207 e. The van der Waals surface area contributed by atoms with Crippen molar-refractivity contribution < 1.29 is 4.39 Å². The zero-order chi connectivity index (χ0) is 16.6. The highest BCUT2D eigenvalue weighted by atomic mass is 19.1. The Kier molecular flexibility index (Phi) is 7.62. The summed E-state index contributed by atoms with van der Waals surface area (Å²) >= 11 is 0. The average Bonchev–Trinajstić information content (AvgIpc) is 2.41. The molecule has 0 unspecified atom stereocenters. The topological polar surface area (TPSA) is 0 Å². The summed E-state index contributed by atoms with van der Waals surface area (Å²) in [5.74, 6) is -0.176. The first-order chi connectivity index (χ1) is 10.3. The van der Waals surface area contributed by atoms with E-state index in [2.05, 4.69) is 40.3 Å². The Hall–Kier alpha value is -1.33. The van der Waals surface area contributed by atoms with E-state index in [1.807, 2.05) is 12.1 Å². The van der Waals surface area contributed by atoms with Crippen LogP contribution in [0.4, 0.5) is 4.39 Å². The highest BCUT2D eigenvalue weighted by molar-refractivity contribution is 5.65. The molecular formula is C21H31F. The Balaban J connectivity index is 2.99. The van der Waals surface area contributed by atoms with Gasteiger partial charge in [-0.25, -0.2) is 4.39 Å². The van der Waals surface area contributed by atoms with Crippen molar-refractivity contribution in [2.24, 2.45) is 5.41 Å². The molecule has 1 aromatic carbocycles. The zero-order valence-electron chi connectivity index (χ0n) is 14.9. The molecule has 0 aliphatic carbocycles. The lowest BCUT2D eigenvalue weighted by molar-refractivity contribution is 0.410. The fourth-order valence-corrected chi connectivity index (χ4v) is 2.76. The van der Waals surface area contributed by atoms with Crippen LogP contribution in [0.1, 0.15) is 78.7 Å². The summed E-state index contributed by atoms with van der Waals surface area (Å²) in [6.07, 6.45) is 7.01. The van der Waals surface area contributed by atoms with Crippen molar-refractivity contribution in [2.75, 3.05) is 0 Å². The molecule has 0 aromatic heterocycles. The summed E-state index contributed by atoms with van der Waals surface area (Å²) in [5, 5.41) is 0. The van der Waals surface area contributed by atoms with Gasteiger partial charge in [-0.15, -0.1) is 5.73 Å². The third kappa shape index (κ3) is 7.61. The molecule has 0 atom stereocenters. The van der Waals surface area contributed by atoms with E-state index >= 15 is 0 Å². The number of benzene rings is 1.